The van der Waals surface area contributed by atoms with E-state index >= 15 is 0 Å². The van der Waals surface area contributed by atoms with Crippen LogP contribution in [0.15, 0.2) is 0 Å². The van der Waals surface area contributed by atoms with Crippen molar-refractivity contribution in [1.29, 1.82) is 0 Å². The van der Waals surface area contributed by atoms with E-state index in [9.17, 15) is 24.6 Å². The first-order valence-corrected chi connectivity index (χ1v) is 3.77. The van der Waals surface area contributed by atoms with Gasteiger partial charge in [-0.15, -0.1) is 11.6 Å². The van der Waals surface area contributed by atoms with E-state index in [1.165, 1.54) is 0 Å². The Bertz CT molecular complexity index is 229. The molecule has 0 aliphatic heterocycles. The minimum absolute atomic E-state index is 0.448. The number of hydrogen-bond acceptors (Lipinski definition) is 5. The summed E-state index contributed by atoms with van der Waals surface area (Å²) < 4.78 is 0. The Kier molecular flexibility index (Phi) is 4.83. The van der Waals surface area contributed by atoms with Crippen LogP contribution in [0.5, 0.6) is 0 Å². The van der Waals surface area contributed by atoms with Crippen molar-refractivity contribution >= 4 is 29.4 Å². The molecule has 0 aromatic carbocycles. The average Bonchev–Trinajstić information content (AvgIpc) is 2.02. The lowest BCUT2D eigenvalue weighted by Gasteiger charge is -2.19. The van der Waals surface area contributed by atoms with E-state index in [1.54, 1.807) is 0 Å². The summed E-state index contributed by atoms with van der Waals surface area (Å²) in [6.07, 6.45) is -0.842. The fourth-order valence-electron chi connectivity index (χ4n) is 0.593. The largest absolute Gasteiger partial charge is 0.550 e. The molecule has 0 spiro atoms. The molecule has 0 saturated carbocycles. The van der Waals surface area contributed by atoms with Crippen molar-refractivity contribution in [1.82, 2.24) is 5.32 Å². The van der Waals surface area contributed by atoms with E-state index in [1.807, 2.05) is 5.32 Å². The highest BCUT2D eigenvalue weighted by atomic mass is 35.5. The number of hydrogen-bond donors (Lipinski definition) is 1. The van der Waals surface area contributed by atoms with Gasteiger partial charge in [0.05, 0.1) is 12.0 Å². The molecule has 0 aromatic heterocycles. The number of halogens is 1. The van der Waals surface area contributed by atoms with E-state index in [-0.39, 0.29) is 0 Å². The number of carbonyl (C=O) groups is 3. The number of rotatable bonds is 5. The van der Waals surface area contributed by atoms with Crippen molar-refractivity contribution in [3.63, 3.8) is 0 Å². The molecule has 0 saturated heterocycles. The van der Waals surface area contributed by atoms with Gasteiger partial charge in [-0.2, -0.15) is 0 Å². The van der Waals surface area contributed by atoms with E-state index < -0.39 is 36.2 Å². The third-order valence-corrected chi connectivity index (χ3v) is 1.35. The Hall–Kier alpha value is -1.30. The SMILES string of the molecule is O=C([O-])C[C@H](NC(=O)CCl)C(=O)[O-]. The highest BCUT2D eigenvalue weighted by Gasteiger charge is 2.12. The molecule has 0 unspecified atom stereocenters. The van der Waals surface area contributed by atoms with Crippen LogP contribution in [-0.2, 0) is 14.4 Å². The monoisotopic (exact) mass is 207 g/mol. The van der Waals surface area contributed by atoms with Gasteiger partial charge in [-0.25, -0.2) is 0 Å². The van der Waals surface area contributed by atoms with Gasteiger partial charge < -0.3 is 25.1 Å². The second-order valence-corrected chi connectivity index (χ2v) is 2.42. The first kappa shape index (κ1) is 11.7. The summed E-state index contributed by atoms with van der Waals surface area (Å²) in [6, 6.07) is -1.60. The minimum Gasteiger partial charge on any atom is -0.550 e. The van der Waals surface area contributed by atoms with Crippen LogP contribution in [0.1, 0.15) is 6.42 Å². The summed E-state index contributed by atoms with van der Waals surface area (Å²) in [6.45, 7) is 0. The van der Waals surface area contributed by atoms with Crippen molar-refractivity contribution in [2.24, 2.45) is 0 Å². The normalized spacial score (nSPS) is 11.8. The molecule has 0 aliphatic rings. The maximum atomic E-state index is 10.6. The first-order valence-electron chi connectivity index (χ1n) is 3.23. The Morgan fingerprint density at radius 2 is 1.85 bits per heavy atom. The maximum absolute atomic E-state index is 10.6. The van der Waals surface area contributed by atoms with Crippen LogP contribution < -0.4 is 15.5 Å². The summed E-state index contributed by atoms with van der Waals surface area (Å²) in [5.74, 6) is -4.51. The van der Waals surface area contributed by atoms with Crippen molar-refractivity contribution < 1.29 is 24.6 Å². The number of aliphatic carboxylic acids is 2. The van der Waals surface area contributed by atoms with Gasteiger partial charge in [0.2, 0.25) is 5.91 Å². The van der Waals surface area contributed by atoms with Gasteiger partial charge in [-0.05, 0) is 0 Å². The maximum Gasteiger partial charge on any atom is 0.235 e. The molecule has 0 rings (SSSR count). The molecule has 1 amide bonds. The molecular weight excluding hydrogens is 202 g/mol. The Labute approximate surface area is 78.5 Å². The summed E-state index contributed by atoms with van der Waals surface area (Å²) in [4.78, 5) is 30.8. The topological polar surface area (TPSA) is 109 Å². The molecule has 0 radical (unpaired) electrons. The second-order valence-electron chi connectivity index (χ2n) is 2.15. The molecular formula is C6H6ClNO5-2. The van der Waals surface area contributed by atoms with Gasteiger partial charge in [0.15, 0.2) is 0 Å². The lowest BCUT2D eigenvalue weighted by atomic mass is 10.2. The second kappa shape index (κ2) is 5.36. The number of nitrogens with one attached hydrogen (secondary N) is 1. The van der Waals surface area contributed by atoms with Crippen LogP contribution >= 0.6 is 11.6 Å². The standard InChI is InChI=1S/C6H8ClNO5/c7-2-4(9)8-3(6(12)13)1-5(10)11/h3H,1-2H2,(H,8,9)(H,10,11)(H,12,13)/p-2/t3-/m0/s1. The molecule has 13 heavy (non-hydrogen) atoms. The van der Waals surface area contributed by atoms with Crippen LogP contribution in [0.2, 0.25) is 0 Å². The Morgan fingerprint density at radius 3 is 2.15 bits per heavy atom. The average molecular weight is 208 g/mol. The molecule has 74 valence electrons. The fourth-order valence-corrected chi connectivity index (χ4v) is 0.670. The summed E-state index contributed by atoms with van der Waals surface area (Å²) in [5, 5.41) is 22.1. The van der Waals surface area contributed by atoms with Crippen molar-refractivity contribution in [2.75, 3.05) is 5.88 Å². The highest BCUT2D eigenvalue weighted by molar-refractivity contribution is 6.27. The van der Waals surface area contributed by atoms with E-state index in [0.717, 1.165) is 0 Å². The lowest BCUT2D eigenvalue weighted by molar-refractivity contribution is -0.317. The molecule has 1 atom stereocenters. The predicted octanol–water partition coefficient (Wildman–Crippen LogP) is -3.40. The molecule has 6 nitrogen and oxygen atoms in total. The fraction of sp³-hybridized carbons (Fsp3) is 0.500. The van der Waals surface area contributed by atoms with E-state index in [2.05, 4.69) is 0 Å². The molecule has 0 bridgehead atoms. The third kappa shape index (κ3) is 5.02. The van der Waals surface area contributed by atoms with Gasteiger partial charge in [-0.1, -0.05) is 0 Å². The zero-order chi connectivity index (χ0) is 10.4. The quantitative estimate of drug-likeness (QED) is 0.473. The highest BCUT2D eigenvalue weighted by Crippen LogP contribution is 1.90. The van der Waals surface area contributed by atoms with Crippen molar-refractivity contribution in [2.45, 2.75) is 12.5 Å². The molecule has 1 N–H and O–H groups in total. The summed E-state index contributed by atoms with van der Waals surface area (Å²) in [5.41, 5.74) is 0. The summed E-state index contributed by atoms with van der Waals surface area (Å²) in [7, 11) is 0. The van der Waals surface area contributed by atoms with Crippen molar-refractivity contribution in [3.05, 3.63) is 0 Å². The van der Waals surface area contributed by atoms with Crippen LogP contribution in [0.4, 0.5) is 0 Å². The molecule has 0 aliphatic carbocycles. The number of carboxylic acids is 2. The zero-order valence-electron chi connectivity index (χ0n) is 6.41. The third-order valence-electron chi connectivity index (χ3n) is 1.11. The Balaban J connectivity index is 4.18. The zero-order valence-corrected chi connectivity index (χ0v) is 7.17. The number of carbonyl (C=O) groups excluding carboxylic acids is 3. The van der Waals surface area contributed by atoms with E-state index in [4.69, 9.17) is 11.6 Å². The van der Waals surface area contributed by atoms with Gasteiger partial charge in [-0.3, -0.25) is 4.79 Å². The molecule has 0 heterocycles. The van der Waals surface area contributed by atoms with Crippen LogP contribution in [0.25, 0.3) is 0 Å². The molecule has 0 fully saturated rings. The van der Waals surface area contributed by atoms with E-state index in [0.29, 0.717) is 0 Å². The van der Waals surface area contributed by atoms with Gasteiger partial charge in [0, 0.05) is 12.4 Å². The molecule has 0 aromatic rings. The van der Waals surface area contributed by atoms with Gasteiger partial charge >= 0.3 is 0 Å². The van der Waals surface area contributed by atoms with Crippen LogP contribution in [0.3, 0.4) is 0 Å². The van der Waals surface area contributed by atoms with Gasteiger partial charge in [0.25, 0.3) is 0 Å². The Morgan fingerprint density at radius 1 is 1.31 bits per heavy atom. The lowest BCUT2D eigenvalue weighted by Crippen LogP contribution is -2.50. The van der Waals surface area contributed by atoms with Crippen LogP contribution in [0, 0.1) is 0 Å². The predicted molar refractivity (Wildman–Crippen MR) is 37.3 cm³/mol. The number of carboxylic acid groups (broad SMARTS) is 2. The van der Waals surface area contributed by atoms with Crippen LogP contribution in [-0.4, -0.2) is 29.8 Å². The minimum atomic E-state index is -1.69. The summed E-state index contributed by atoms with van der Waals surface area (Å²) >= 11 is 5.05. The smallest absolute Gasteiger partial charge is 0.235 e. The number of amides is 1. The molecule has 7 heteroatoms. The number of alkyl halides is 1. The first-order chi connectivity index (χ1) is 5.97. The van der Waals surface area contributed by atoms with Gasteiger partial charge in [0.1, 0.15) is 5.88 Å². The van der Waals surface area contributed by atoms with Crippen molar-refractivity contribution in [3.8, 4) is 0 Å².